The fourth-order valence-corrected chi connectivity index (χ4v) is 5.97. The van der Waals surface area contributed by atoms with E-state index in [1.165, 1.54) is 0 Å². The van der Waals surface area contributed by atoms with Crippen molar-refractivity contribution >= 4 is 29.1 Å². The van der Waals surface area contributed by atoms with Gasteiger partial charge in [0.2, 0.25) is 5.91 Å². The summed E-state index contributed by atoms with van der Waals surface area (Å²) in [6, 6.07) is 19.4. The van der Waals surface area contributed by atoms with Crippen molar-refractivity contribution < 1.29 is 19.1 Å². The zero-order chi connectivity index (χ0) is 28.9. The van der Waals surface area contributed by atoms with Crippen LogP contribution >= 0.6 is 0 Å². The van der Waals surface area contributed by atoms with Crippen molar-refractivity contribution in [1.29, 1.82) is 0 Å². The van der Waals surface area contributed by atoms with Crippen LogP contribution in [0, 0.1) is 18.8 Å². The van der Waals surface area contributed by atoms with Crippen LogP contribution in [0.2, 0.25) is 0 Å². The average molecular weight is 555 g/mol. The molecular weight excluding hydrogens is 516 g/mol. The number of carbonyl (C=O) groups excluding carboxylic acids is 3. The molecule has 3 unspecified atom stereocenters. The molecule has 0 spiro atoms. The minimum absolute atomic E-state index is 0.0684. The second-order valence-electron chi connectivity index (χ2n) is 11.2. The molecule has 0 aromatic heterocycles. The molecular formula is C33H38N4O4. The summed E-state index contributed by atoms with van der Waals surface area (Å²) in [5, 5.41) is 6.03. The molecule has 41 heavy (non-hydrogen) atoms. The summed E-state index contributed by atoms with van der Waals surface area (Å²) in [6.45, 7) is 3.27. The van der Waals surface area contributed by atoms with E-state index in [9.17, 15) is 14.4 Å². The number of nitrogens with two attached hydrogens (primary N) is 1. The highest BCUT2D eigenvalue weighted by atomic mass is 16.5. The first kappa shape index (κ1) is 28.4. The summed E-state index contributed by atoms with van der Waals surface area (Å²) >= 11 is 0. The molecule has 3 amide bonds. The number of benzene rings is 3. The van der Waals surface area contributed by atoms with Gasteiger partial charge in [0.1, 0.15) is 5.75 Å². The number of fused-ring (bicyclic) bond motifs is 1. The lowest BCUT2D eigenvalue weighted by Crippen LogP contribution is -2.35. The molecule has 0 bridgehead atoms. The smallest absolute Gasteiger partial charge is 0.259 e. The van der Waals surface area contributed by atoms with Crippen molar-refractivity contribution in [3.63, 3.8) is 0 Å². The van der Waals surface area contributed by atoms with Gasteiger partial charge in [-0.25, -0.2) is 0 Å². The van der Waals surface area contributed by atoms with E-state index in [2.05, 4.69) is 10.6 Å². The lowest BCUT2D eigenvalue weighted by Gasteiger charge is -2.31. The van der Waals surface area contributed by atoms with Crippen molar-refractivity contribution in [2.24, 2.45) is 17.6 Å². The highest BCUT2D eigenvalue weighted by molar-refractivity contribution is 6.12. The quantitative estimate of drug-likeness (QED) is 0.370. The number of ether oxygens (including phenoxy) is 1. The van der Waals surface area contributed by atoms with Gasteiger partial charge in [-0.3, -0.25) is 19.3 Å². The lowest BCUT2D eigenvalue weighted by molar-refractivity contribution is -0.116. The van der Waals surface area contributed by atoms with Gasteiger partial charge in [0, 0.05) is 17.7 Å². The van der Waals surface area contributed by atoms with E-state index >= 15 is 0 Å². The SMILES string of the molecule is COc1cccc(C(=O)N2c3ccc(C(=O)NCC4CCCC(CN)C4)cc3NC(=O)CC2c2ccc(C)cc2)c1. The maximum atomic E-state index is 14.1. The number of rotatable bonds is 7. The van der Waals surface area contributed by atoms with E-state index in [1.807, 2.05) is 31.2 Å². The van der Waals surface area contributed by atoms with Crippen LogP contribution in [0.4, 0.5) is 11.4 Å². The molecule has 1 aliphatic carbocycles. The van der Waals surface area contributed by atoms with Gasteiger partial charge >= 0.3 is 0 Å². The predicted octanol–water partition coefficient (Wildman–Crippen LogP) is 5.23. The van der Waals surface area contributed by atoms with Crippen LogP contribution in [0.3, 0.4) is 0 Å². The first-order chi connectivity index (χ1) is 19.9. The molecule has 5 rings (SSSR count). The number of anilines is 2. The van der Waals surface area contributed by atoms with E-state index in [4.69, 9.17) is 10.5 Å². The third kappa shape index (κ3) is 6.43. The Labute approximate surface area is 241 Å². The van der Waals surface area contributed by atoms with Crippen molar-refractivity contribution in [3.05, 3.63) is 89.0 Å². The number of hydrogen-bond donors (Lipinski definition) is 3. The van der Waals surface area contributed by atoms with Crippen molar-refractivity contribution in [2.75, 3.05) is 30.4 Å². The Hall–Kier alpha value is -4.17. The molecule has 3 aromatic carbocycles. The van der Waals surface area contributed by atoms with E-state index in [-0.39, 0.29) is 24.1 Å². The number of nitrogens with one attached hydrogen (secondary N) is 2. The molecule has 1 fully saturated rings. The Morgan fingerprint density at radius 3 is 2.56 bits per heavy atom. The zero-order valence-electron chi connectivity index (χ0n) is 23.7. The van der Waals surface area contributed by atoms with Gasteiger partial charge in [-0.05, 0) is 86.5 Å². The van der Waals surface area contributed by atoms with E-state index in [0.717, 1.165) is 36.8 Å². The highest BCUT2D eigenvalue weighted by Gasteiger charge is 2.35. The molecule has 3 atom stereocenters. The van der Waals surface area contributed by atoms with Crippen LogP contribution in [0.1, 0.15) is 70.0 Å². The second-order valence-corrected chi connectivity index (χ2v) is 11.2. The summed E-state index contributed by atoms with van der Waals surface area (Å²) in [5.74, 6) is 0.786. The fourth-order valence-electron chi connectivity index (χ4n) is 5.97. The van der Waals surface area contributed by atoms with Gasteiger partial charge < -0.3 is 21.1 Å². The topological polar surface area (TPSA) is 114 Å². The Morgan fingerprint density at radius 1 is 1.02 bits per heavy atom. The number of nitrogens with zero attached hydrogens (tertiary/aromatic N) is 1. The number of amides is 3. The maximum absolute atomic E-state index is 14.1. The largest absolute Gasteiger partial charge is 0.497 e. The molecule has 0 radical (unpaired) electrons. The summed E-state index contributed by atoms with van der Waals surface area (Å²) in [5.41, 5.74) is 9.64. The molecule has 4 N–H and O–H groups in total. The summed E-state index contributed by atoms with van der Waals surface area (Å²) < 4.78 is 5.36. The van der Waals surface area contributed by atoms with Gasteiger partial charge in [-0.2, -0.15) is 0 Å². The van der Waals surface area contributed by atoms with Gasteiger partial charge in [-0.1, -0.05) is 42.3 Å². The monoisotopic (exact) mass is 554 g/mol. The predicted molar refractivity (Wildman–Crippen MR) is 160 cm³/mol. The highest BCUT2D eigenvalue weighted by Crippen LogP contribution is 2.40. The van der Waals surface area contributed by atoms with Crippen LogP contribution in [0.5, 0.6) is 5.75 Å². The molecule has 3 aromatic rings. The van der Waals surface area contributed by atoms with Crippen LogP contribution in [0.25, 0.3) is 0 Å². The van der Waals surface area contributed by atoms with Gasteiger partial charge in [0.15, 0.2) is 0 Å². The van der Waals surface area contributed by atoms with Crippen molar-refractivity contribution in [1.82, 2.24) is 5.32 Å². The van der Waals surface area contributed by atoms with E-state index < -0.39 is 6.04 Å². The summed E-state index contributed by atoms with van der Waals surface area (Å²) in [4.78, 5) is 42.2. The molecule has 8 nitrogen and oxygen atoms in total. The average Bonchev–Trinajstić information content (AvgIpc) is 3.15. The molecule has 0 saturated heterocycles. The first-order valence-electron chi connectivity index (χ1n) is 14.3. The molecule has 2 aliphatic rings. The normalized spacial score (nSPS) is 20.4. The Balaban J connectivity index is 1.47. The Bertz CT molecular complexity index is 1420. The summed E-state index contributed by atoms with van der Waals surface area (Å²) in [7, 11) is 1.56. The van der Waals surface area contributed by atoms with Gasteiger partial charge in [0.05, 0.1) is 30.9 Å². The number of aryl methyl sites for hydroxylation is 1. The van der Waals surface area contributed by atoms with Crippen LogP contribution in [-0.2, 0) is 4.79 Å². The van der Waals surface area contributed by atoms with E-state index in [0.29, 0.717) is 53.2 Å². The van der Waals surface area contributed by atoms with Gasteiger partial charge in [0.25, 0.3) is 11.8 Å². The van der Waals surface area contributed by atoms with Gasteiger partial charge in [-0.15, -0.1) is 0 Å². The second kappa shape index (κ2) is 12.6. The standard InChI is InChI=1S/C33H38N4O4/c1-21-9-11-24(12-10-21)30-18-31(38)36-28-17-25(32(39)35-20-23-6-3-5-22(15-23)19-34)13-14-29(28)37(30)33(40)26-7-4-8-27(16-26)41-2/h4,7-14,16-17,22-23,30H,3,5-6,15,18-20,34H2,1-2H3,(H,35,39)(H,36,38). The third-order valence-electron chi connectivity index (χ3n) is 8.26. The van der Waals surface area contributed by atoms with Crippen LogP contribution in [-0.4, -0.2) is 37.9 Å². The van der Waals surface area contributed by atoms with Crippen LogP contribution in [0.15, 0.2) is 66.7 Å². The maximum Gasteiger partial charge on any atom is 0.259 e. The number of methoxy groups -OCH3 is 1. The van der Waals surface area contributed by atoms with E-state index in [1.54, 1.807) is 54.5 Å². The third-order valence-corrected chi connectivity index (χ3v) is 8.26. The molecule has 8 heteroatoms. The molecule has 1 aliphatic heterocycles. The molecule has 1 heterocycles. The molecule has 214 valence electrons. The minimum atomic E-state index is -0.544. The van der Waals surface area contributed by atoms with Crippen molar-refractivity contribution in [3.8, 4) is 5.75 Å². The fraction of sp³-hybridized carbons (Fsp3) is 0.364. The first-order valence-corrected chi connectivity index (χ1v) is 14.3. The van der Waals surface area contributed by atoms with Crippen molar-refractivity contribution in [2.45, 2.75) is 45.1 Å². The minimum Gasteiger partial charge on any atom is -0.497 e. The Kier molecular flexibility index (Phi) is 8.69. The Morgan fingerprint density at radius 2 is 1.80 bits per heavy atom. The number of carbonyl (C=O) groups is 3. The molecule has 1 saturated carbocycles. The number of hydrogen-bond acceptors (Lipinski definition) is 5. The lowest BCUT2D eigenvalue weighted by atomic mass is 9.81. The summed E-state index contributed by atoms with van der Waals surface area (Å²) in [6.07, 6.45) is 4.46. The van der Waals surface area contributed by atoms with Crippen LogP contribution < -0.4 is 26.0 Å². The zero-order valence-corrected chi connectivity index (χ0v) is 23.7.